The lowest BCUT2D eigenvalue weighted by Crippen LogP contribution is -2.36. The van der Waals surface area contributed by atoms with Crippen LogP contribution in [0.3, 0.4) is 0 Å². The van der Waals surface area contributed by atoms with Crippen LogP contribution in [-0.2, 0) is 14.6 Å². The summed E-state index contributed by atoms with van der Waals surface area (Å²) in [6, 6.07) is 9.21. The standard InChI is InChI=1S/C13H20N2O3S/c1-2-19(17,18)9-8-15-13(16)12(10-14)11-6-4-3-5-7-11/h3-7,12H,2,8-10,14H2,1H3,(H,15,16). The first kappa shape index (κ1) is 15.7. The Kier molecular flexibility index (Phi) is 5.98. The van der Waals surface area contributed by atoms with E-state index in [1.807, 2.05) is 30.3 Å². The summed E-state index contributed by atoms with van der Waals surface area (Å²) in [5.74, 6) is -0.631. The number of carbonyl (C=O) groups is 1. The fourth-order valence-corrected chi connectivity index (χ4v) is 2.38. The van der Waals surface area contributed by atoms with Crippen LogP contribution in [-0.4, -0.2) is 38.9 Å². The zero-order valence-electron chi connectivity index (χ0n) is 11.0. The highest BCUT2D eigenvalue weighted by molar-refractivity contribution is 7.91. The van der Waals surface area contributed by atoms with Gasteiger partial charge in [-0.15, -0.1) is 0 Å². The van der Waals surface area contributed by atoms with E-state index in [0.29, 0.717) is 0 Å². The second kappa shape index (κ2) is 7.25. The molecule has 19 heavy (non-hydrogen) atoms. The number of nitrogens with one attached hydrogen (secondary N) is 1. The molecular formula is C13H20N2O3S. The first-order valence-electron chi connectivity index (χ1n) is 6.23. The van der Waals surface area contributed by atoms with Gasteiger partial charge >= 0.3 is 0 Å². The highest BCUT2D eigenvalue weighted by Crippen LogP contribution is 2.13. The summed E-state index contributed by atoms with van der Waals surface area (Å²) in [4.78, 5) is 12.0. The maximum Gasteiger partial charge on any atom is 0.228 e. The lowest BCUT2D eigenvalue weighted by Gasteiger charge is -2.15. The van der Waals surface area contributed by atoms with Crippen molar-refractivity contribution in [3.05, 3.63) is 35.9 Å². The van der Waals surface area contributed by atoms with E-state index >= 15 is 0 Å². The Balaban J connectivity index is 2.57. The molecule has 1 aromatic rings. The molecule has 0 aromatic heterocycles. The molecule has 0 saturated carbocycles. The Morgan fingerprint density at radius 1 is 1.32 bits per heavy atom. The van der Waals surface area contributed by atoms with Crippen LogP contribution >= 0.6 is 0 Å². The number of amides is 1. The van der Waals surface area contributed by atoms with Gasteiger partial charge in [0.05, 0.1) is 11.7 Å². The van der Waals surface area contributed by atoms with Crippen LogP contribution in [0, 0.1) is 0 Å². The van der Waals surface area contributed by atoms with Crippen molar-refractivity contribution >= 4 is 15.7 Å². The highest BCUT2D eigenvalue weighted by Gasteiger charge is 2.18. The third-order valence-corrected chi connectivity index (χ3v) is 4.61. The molecule has 0 heterocycles. The molecule has 0 aliphatic carbocycles. The molecular weight excluding hydrogens is 264 g/mol. The van der Waals surface area contributed by atoms with E-state index in [4.69, 9.17) is 5.73 Å². The zero-order valence-corrected chi connectivity index (χ0v) is 11.8. The van der Waals surface area contributed by atoms with Gasteiger partial charge < -0.3 is 11.1 Å². The van der Waals surface area contributed by atoms with Crippen LogP contribution in [0.15, 0.2) is 30.3 Å². The quantitative estimate of drug-likeness (QED) is 0.752. The molecule has 3 N–H and O–H groups in total. The van der Waals surface area contributed by atoms with E-state index in [-0.39, 0.29) is 30.5 Å². The molecule has 1 amide bonds. The average molecular weight is 284 g/mol. The molecule has 0 aliphatic heterocycles. The van der Waals surface area contributed by atoms with Crippen molar-refractivity contribution in [2.75, 3.05) is 24.6 Å². The summed E-state index contributed by atoms with van der Waals surface area (Å²) in [5.41, 5.74) is 6.44. The van der Waals surface area contributed by atoms with Crippen molar-refractivity contribution in [1.82, 2.24) is 5.32 Å². The third-order valence-electron chi connectivity index (χ3n) is 2.91. The molecule has 6 heteroatoms. The van der Waals surface area contributed by atoms with Crippen molar-refractivity contribution in [3.8, 4) is 0 Å². The first-order valence-corrected chi connectivity index (χ1v) is 8.05. The minimum absolute atomic E-state index is 0.0404. The Hall–Kier alpha value is -1.40. The Morgan fingerprint density at radius 3 is 2.47 bits per heavy atom. The van der Waals surface area contributed by atoms with E-state index < -0.39 is 15.8 Å². The van der Waals surface area contributed by atoms with Gasteiger partial charge in [-0.3, -0.25) is 4.79 Å². The van der Waals surface area contributed by atoms with Gasteiger partial charge in [-0.2, -0.15) is 0 Å². The maximum absolute atomic E-state index is 12.0. The molecule has 1 atom stereocenters. The Labute approximate surface area is 114 Å². The number of hydrogen-bond acceptors (Lipinski definition) is 4. The van der Waals surface area contributed by atoms with Crippen molar-refractivity contribution in [1.29, 1.82) is 0 Å². The summed E-state index contributed by atoms with van der Waals surface area (Å²) in [6.07, 6.45) is 0. The summed E-state index contributed by atoms with van der Waals surface area (Å²) >= 11 is 0. The molecule has 0 aliphatic rings. The monoisotopic (exact) mass is 284 g/mol. The van der Waals surface area contributed by atoms with Gasteiger partial charge in [0.15, 0.2) is 9.84 Å². The number of hydrogen-bond donors (Lipinski definition) is 2. The Bertz CT molecular complexity index is 500. The summed E-state index contributed by atoms with van der Waals surface area (Å²) in [6.45, 7) is 1.90. The molecule has 1 unspecified atom stereocenters. The summed E-state index contributed by atoms with van der Waals surface area (Å²) in [7, 11) is -3.06. The topological polar surface area (TPSA) is 89.3 Å². The molecule has 0 radical (unpaired) electrons. The SMILES string of the molecule is CCS(=O)(=O)CCNC(=O)C(CN)c1ccccc1. The van der Waals surface area contributed by atoms with Crippen LogP contribution in [0.2, 0.25) is 0 Å². The van der Waals surface area contributed by atoms with Crippen LogP contribution in [0.5, 0.6) is 0 Å². The minimum Gasteiger partial charge on any atom is -0.355 e. The molecule has 106 valence electrons. The molecule has 0 bridgehead atoms. The second-order valence-electron chi connectivity index (χ2n) is 4.23. The van der Waals surface area contributed by atoms with E-state index in [9.17, 15) is 13.2 Å². The number of benzene rings is 1. The van der Waals surface area contributed by atoms with Gasteiger partial charge in [-0.05, 0) is 5.56 Å². The van der Waals surface area contributed by atoms with Crippen LogP contribution in [0.25, 0.3) is 0 Å². The van der Waals surface area contributed by atoms with E-state index in [1.54, 1.807) is 6.92 Å². The maximum atomic E-state index is 12.0. The third kappa shape index (κ3) is 5.00. The normalized spacial score (nSPS) is 12.9. The van der Waals surface area contributed by atoms with E-state index in [1.165, 1.54) is 0 Å². The summed E-state index contributed by atoms with van der Waals surface area (Å²) in [5, 5.41) is 2.62. The molecule has 0 spiro atoms. The van der Waals surface area contributed by atoms with E-state index in [2.05, 4.69) is 5.32 Å². The number of nitrogens with two attached hydrogens (primary N) is 1. The van der Waals surface area contributed by atoms with Gasteiger partial charge in [0, 0.05) is 18.8 Å². The predicted molar refractivity (Wildman–Crippen MR) is 75.6 cm³/mol. The van der Waals surface area contributed by atoms with Crippen LogP contribution in [0.4, 0.5) is 0 Å². The van der Waals surface area contributed by atoms with E-state index in [0.717, 1.165) is 5.56 Å². The minimum atomic E-state index is -3.06. The fraction of sp³-hybridized carbons (Fsp3) is 0.462. The molecule has 5 nitrogen and oxygen atoms in total. The molecule has 1 aromatic carbocycles. The fourth-order valence-electron chi connectivity index (χ4n) is 1.68. The van der Waals surface area contributed by atoms with Gasteiger partial charge in [0.1, 0.15) is 0 Å². The zero-order chi connectivity index (χ0) is 14.3. The first-order chi connectivity index (χ1) is 9.00. The van der Waals surface area contributed by atoms with Crippen molar-refractivity contribution < 1.29 is 13.2 Å². The van der Waals surface area contributed by atoms with Crippen molar-refractivity contribution in [2.45, 2.75) is 12.8 Å². The van der Waals surface area contributed by atoms with Gasteiger partial charge in [-0.25, -0.2) is 8.42 Å². The highest BCUT2D eigenvalue weighted by atomic mass is 32.2. The van der Waals surface area contributed by atoms with Crippen molar-refractivity contribution in [2.24, 2.45) is 5.73 Å². The lowest BCUT2D eigenvalue weighted by molar-refractivity contribution is -0.122. The second-order valence-corrected chi connectivity index (χ2v) is 6.70. The van der Waals surface area contributed by atoms with Gasteiger partial charge in [-0.1, -0.05) is 37.3 Å². The lowest BCUT2D eigenvalue weighted by atomic mass is 9.98. The molecule has 0 fully saturated rings. The predicted octanol–water partition coefficient (Wildman–Crippen LogP) is 0.280. The van der Waals surface area contributed by atoms with Crippen molar-refractivity contribution in [3.63, 3.8) is 0 Å². The Morgan fingerprint density at radius 2 is 1.95 bits per heavy atom. The molecule has 1 rings (SSSR count). The smallest absolute Gasteiger partial charge is 0.228 e. The largest absolute Gasteiger partial charge is 0.355 e. The number of carbonyl (C=O) groups excluding carboxylic acids is 1. The average Bonchev–Trinajstić information content (AvgIpc) is 2.40. The summed E-state index contributed by atoms with van der Waals surface area (Å²) < 4.78 is 22.6. The van der Waals surface area contributed by atoms with Gasteiger partial charge in [0.2, 0.25) is 5.91 Å². The van der Waals surface area contributed by atoms with Gasteiger partial charge in [0.25, 0.3) is 0 Å². The number of sulfone groups is 1. The van der Waals surface area contributed by atoms with Crippen LogP contribution in [0.1, 0.15) is 18.4 Å². The molecule has 0 saturated heterocycles. The number of rotatable bonds is 7. The van der Waals surface area contributed by atoms with Crippen LogP contribution < -0.4 is 11.1 Å².